The smallest absolute Gasteiger partial charge is 0.0838 e. The highest BCUT2D eigenvalue weighted by Crippen LogP contribution is 2.43. The molecule has 1 unspecified atom stereocenters. The summed E-state index contributed by atoms with van der Waals surface area (Å²) in [6.45, 7) is 4.55. The van der Waals surface area contributed by atoms with Gasteiger partial charge < -0.3 is 4.74 Å². The van der Waals surface area contributed by atoms with Gasteiger partial charge >= 0.3 is 0 Å². The van der Waals surface area contributed by atoms with Crippen molar-refractivity contribution in [3.63, 3.8) is 0 Å². The zero-order valence-corrected chi connectivity index (χ0v) is 14.3. The Bertz CT molecular complexity index is 1020. The van der Waals surface area contributed by atoms with Crippen molar-refractivity contribution in [2.24, 2.45) is 5.92 Å². The standard InChI is InChI=1S/C23H22O.CH4/c1-3-20-14(2)13-21(24-20)18-11-9-17-8-7-15-5-4-6-16-10-12-19(18)23(17)22(15)16;/h4-12,14,20-21H,3,13H2,1-2H3;1H4/t14?,20-,21-;/m1./s1. The highest BCUT2D eigenvalue weighted by molar-refractivity contribution is 6.23. The summed E-state index contributed by atoms with van der Waals surface area (Å²) in [5.74, 6) is 0.638. The molecule has 0 N–H and O–H groups in total. The summed E-state index contributed by atoms with van der Waals surface area (Å²) in [5.41, 5.74) is 1.36. The van der Waals surface area contributed by atoms with Crippen molar-refractivity contribution in [1.29, 1.82) is 0 Å². The molecule has 1 aliphatic heterocycles. The summed E-state index contributed by atoms with van der Waals surface area (Å²) in [6.07, 6.45) is 2.86. The molecule has 5 rings (SSSR count). The normalized spacial score (nSPS) is 23.5. The van der Waals surface area contributed by atoms with E-state index in [1.807, 2.05) is 0 Å². The molecule has 0 radical (unpaired) electrons. The van der Waals surface area contributed by atoms with E-state index < -0.39 is 0 Å². The minimum Gasteiger partial charge on any atom is -0.370 e. The van der Waals surface area contributed by atoms with E-state index in [4.69, 9.17) is 4.74 Å². The molecule has 1 aliphatic rings. The summed E-state index contributed by atoms with van der Waals surface area (Å²) in [7, 11) is 0. The summed E-state index contributed by atoms with van der Waals surface area (Å²) in [5, 5.41) is 8.15. The Kier molecular flexibility index (Phi) is 3.92. The van der Waals surface area contributed by atoms with Gasteiger partial charge in [-0.05, 0) is 56.6 Å². The number of ether oxygens (including phenoxy) is 1. The van der Waals surface area contributed by atoms with E-state index in [-0.39, 0.29) is 13.5 Å². The molecule has 0 amide bonds. The zero-order chi connectivity index (χ0) is 16.3. The Balaban J connectivity index is 0.00000157. The van der Waals surface area contributed by atoms with Crippen LogP contribution in [0.3, 0.4) is 0 Å². The molecular formula is C24H26O. The molecule has 1 heteroatoms. The quantitative estimate of drug-likeness (QED) is 0.356. The van der Waals surface area contributed by atoms with E-state index >= 15 is 0 Å². The average Bonchev–Trinajstić information content (AvgIpc) is 3.00. The third-order valence-electron chi connectivity index (χ3n) is 5.87. The Morgan fingerprint density at radius 2 is 1.52 bits per heavy atom. The number of hydrogen-bond donors (Lipinski definition) is 0. The summed E-state index contributed by atoms with van der Waals surface area (Å²) < 4.78 is 6.40. The van der Waals surface area contributed by atoms with Gasteiger partial charge in [-0.1, -0.05) is 75.9 Å². The molecule has 4 aromatic carbocycles. The zero-order valence-electron chi connectivity index (χ0n) is 14.3. The van der Waals surface area contributed by atoms with E-state index in [0.717, 1.165) is 12.8 Å². The largest absolute Gasteiger partial charge is 0.370 e. The lowest BCUT2D eigenvalue weighted by atomic mass is 9.89. The molecule has 1 fully saturated rings. The lowest BCUT2D eigenvalue weighted by molar-refractivity contribution is 0.0343. The van der Waals surface area contributed by atoms with Gasteiger partial charge in [-0.15, -0.1) is 0 Å². The van der Waals surface area contributed by atoms with Gasteiger partial charge in [0.15, 0.2) is 0 Å². The molecule has 128 valence electrons. The molecular weight excluding hydrogens is 304 g/mol. The van der Waals surface area contributed by atoms with E-state index in [0.29, 0.717) is 12.0 Å². The molecule has 4 aromatic rings. The van der Waals surface area contributed by atoms with E-state index in [9.17, 15) is 0 Å². The van der Waals surface area contributed by atoms with Crippen LogP contribution >= 0.6 is 0 Å². The van der Waals surface area contributed by atoms with Crippen molar-refractivity contribution in [3.8, 4) is 0 Å². The van der Waals surface area contributed by atoms with Gasteiger partial charge in [0.2, 0.25) is 0 Å². The fourth-order valence-corrected chi connectivity index (χ4v) is 4.63. The van der Waals surface area contributed by atoms with E-state index in [1.54, 1.807) is 0 Å². The Morgan fingerprint density at radius 3 is 2.20 bits per heavy atom. The second kappa shape index (κ2) is 6.00. The molecule has 3 atom stereocenters. The third kappa shape index (κ3) is 2.33. The minimum absolute atomic E-state index is 0. The first-order valence-electron chi connectivity index (χ1n) is 9.08. The Morgan fingerprint density at radius 1 is 0.880 bits per heavy atom. The van der Waals surface area contributed by atoms with Crippen LogP contribution in [0.5, 0.6) is 0 Å². The molecule has 0 bridgehead atoms. The topological polar surface area (TPSA) is 9.23 Å². The van der Waals surface area contributed by atoms with Crippen LogP contribution in [0.4, 0.5) is 0 Å². The maximum atomic E-state index is 6.40. The van der Waals surface area contributed by atoms with Gasteiger partial charge in [0.1, 0.15) is 0 Å². The van der Waals surface area contributed by atoms with Gasteiger partial charge in [0, 0.05) is 0 Å². The van der Waals surface area contributed by atoms with Crippen LogP contribution in [-0.4, -0.2) is 6.10 Å². The first-order valence-corrected chi connectivity index (χ1v) is 9.08. The SMILES string of the molecule is C.CC[C@H]1O[C@@H](c2ccc3ccc4cccc5ccc2c3c45)CC1C. The van der Waals surface area contributed by atoms with Gasteiger partial charge in [-0.25, -0.2) is 0 Å². The van der Waals surface area contributed by atoms with Crippen molar-refractivity contribution in [2.45, 2.75) is 46.3 Å². The first kappa shape index (κ1) is 16.4. The predicted molar refractivity (Wildman–Crippen MR) is 109 cm³/mol. The van der Waals surface area contributed by atoms with Crippen molar-refractivity contribution in [3.05, 3.63) is 60.2 Å². The fourth-order valence-electron chi connectivity index (χ4n) is 4.63. The summed E-state index contributed by atoms with van der Waals surface area (Å²) in [6, 6.07) is 20.2. The highest BCUT2D eigenvalue weighted by Gasteiger charge is 2.32. The van der Waals surface area contributed by atoms with E-state index in [2.05, 4.69) is 68.4 Å². The summed E-state index contributed by atoms with van der Waals surface area (Å²) in [4.78, 5) is 0. The Hall–Kier alpha value is -2.12. The van der Waals surface area contributed by atoms with E-state index in [1.165, 1.54) is 37.9 Å². The van der Waals surface area contributed by atoms with Crippen LogP contribution < -0.4 is 0 Å². The fraction of sp³-hybridized carbons (Fsp3) is 0.333. The van der Waals surface area contributed by atoms with Crippen LogP contribution in [-0.2, 0) is 4.74 Å². The van der Waals surface area contributed by atoms with Gasteiger partial charge in [-0.2, -0.15) is 0 Å². The molecule has 1 heterocycles. The molecule has 1 nitrogen and oxygen atoms in total. The van der Waals surface area contributed by atoms with Crippen LogP contribution in [0.1, 0.15) is 45.8 Å². The molecule has 0 spiro atoms. The highest BCUT2D eigenvalue weighted by atomic mass is 16.5. The molecule has 0 saturated carbocycles. The number of hydrogen-bond acceptors (Lipinski definition) is 1. The van der Waals surface area contributed by atoms with Crippen LogP contribution in [0.2, 0.25) is 0 Å². The van der Waals surface area contributed by atoms with Crippen molar-refractivity contribution in [1.82, 2.24) is 0 Å². The summed E-state index contributed by atoms with van der Waals surface area (Å²) >= 11 is 0. The van der Waals surface area contributed by atoms with Gasteiger partial charge in [-0.3, -0.25) is 0 Å². The monoisotopic (exact) mass is 330 g/mol. The van der Waals surface area contributed by atoms with Gasteiger partial charge in [0.25, 0.3) is 0 Å². The minimum atomic E-state index is 0. The second-order valence-electron chi connectivity index (χ2n) is 7.30. The van der Waals surface area contributed by atoms with Crippen LogP contribution in [0.25, 0.3) is 32.3 Å². The number of benzene rings is 4. The average molecular weight is 330 g/mol. The van der Waals surface area contributed by atoms with Crippen molar-refractivity contribution in [2.75, 3.05) is 0 Å². The van der Waals surface area contributed by atoms with Crippen LogP contribution in [0, 0.1) is 5.92 Å². The van der Waals surface area contributed by atoms with Crippen LogP contribution in [0.15, 0.2) is 54.6 Å². The predicted octanol–water partition coefficient (Wildman–Crippen LogP) is 7.10. The molecule has 0 aliphatic carbocycles. The maximum absolute atomic E-state index is 6.40. The lowest BCUT2D eigenvalue weighted by Crippen LogP contribution is -2.11. The second-order valence-corrected chi connectivity index (χ2v) is 7.30. The first-order chi connectivity index (χ1) is 11.8. The molecule has 1 saturated heterocycles. The Labute approximate surface area is 149 Å². The molecule has 25 heavy (non-hydrogen) atoms. The molecule has 0 aromatic heterocycles. The third-order valence-corrected chi connectivity index (χ3v) is 5.87. The van der Waals surface area contributed by atoms with Gasteiger partial charge in [0.05, 0.1) is 12.2 Å². The van der Waals surface area contributed by atoms with Crippen molar-refractivity contribution < 1.29 is 4.74 Å². The number of rotatable bonds is 2. The maximum Gasteiger partial charge on any atom is 0.0838 e. The van der Waals surface area contributed by atoms with Crippen molar-refractivity contribution >= 4 is 32.3 Å². The lowest BCUT2D eigenvalue weighted by Gasteiger charge is -2.18.